The quantitative estimate of drug-likeness (QED) is 0.726. The number of hydrogen-bond acceptors (Lipinski definition) is 3. The van der Waals surface area contributed by atoms with Crippen LogP contribution in [0.15, 0.2) is 0 Å². The summed E-state index contributed by atoms with van der Waals surface area (Å²) in [4.78, 5) is 11.3. The second kappa shape index (κ2) is 6.30. The molecule has 14 heavy (non-hydrogen) atoms. The van der Waals surface area contributed by atoms with Crippen molar-refractivity contribution in [2.45, 2.75) is 43.4 Å². The molecule has 1 aliphatic carbocycles. The van der Waals surface area contributed by atoms with Crippen LogP contribution in [0.1, 0.15) is 32.1 Å². The summed E-state index contributed by atoms with van der Waals surface area (Å²) in [6.07, 6.45) is 6.58. The monoisotopic (exact) mass is 217 g/mol. The molecule has 0 heterocycles. The van der Waals surface area contributed by atoms with Crippen molar-refractivity contribution in [3.8, 4) is 0 Å². The first-order chi connectivity index (χ1) is 6.76. The van der Waals surface area contributed by atoms with E-state index in [1.54, 1.807) is 0 Å². The molecule has 82 valence electrons. The van der Waals surface area contributed by atoms with E-state index < -0.39 is 0 Å². The van der Waals surface area contributed by atoms with E-state index in [2.05, 4.69) is 11.6 Å². The highest BCUT2D eigenvalue weighted by Crippen LogP contribution is 2.28. The Kier molecular flexibility index (Phi) is 5.33. The Balaban J connectivity index is 2.15. The van der Waals surface area contributed by atoms with E-state index in [9.17, 15) is 4.79 Å². The number of nitrogens with one attached hydrogen (secondary N) is 1. The average molecular weight is 217 g/mol. The smallest absolute Gasteiger partial charge is 0.220 e. The minimum Gasteiger partial charge on any atom is -0.396 e. The maximum atomic E-state index is 11.3. The Morgan fingerprint density at radius 2 is 2.36 bits per heavy atom. The molecule has 2 unspecified atom stereocenters. The van der Waals surface area contributed by atoms with Crippen LogP contribution in [0, 0.1) is 0 Å². The van der Waals surface area contributed by atoms with Crippen LogP contribution in [-0.4, -0.2) is 35.2 Å². The summed E-state index contributed by atoms with van der Waals surface area (Å²) in [5, 5.41) is 12.3. The molecular weight excluding hydrogens is 198 g/mol. The van der Waals surface area contributed by atoms with Crippen LogP contribution in [0.2, 0.25) is 0 Å². The summed E-state index contributed by atoms with van der Waals surface area (Å²) in [5.41, 5.74) is 0. The van der Waals surface area contributed by atoms with E-state index in [0.717, 1.165) is 18.1 Å². The van der Waals surface area contributed by atoms with Gasteiger partial charge in [0.25, 0.3) is 0 Å². The van der Waals surface area contributed by atoms with Crippen molar-refractivity contribution in [2.24, 2.45) is 0 Å². The molecule has 0 aromatic carbocycles. The molecule has 0 saturated heterocycles. The van der Waals surface area contributed by atoms with Gasteiger partial charge in [0.15, 0.2) is 0 Å². The van der Waals surface area contributed by atoms with Crippen molar-refractivity contribution in [2.75, 3.05) is 12.9 Å². The number of amides is 1. The van der Waals surface area contributed by atoms with Gasteiger partial charge in [-0.15, -0.1) is 0 Å². The van der Waals surface area contributed by atoms with E-state index >= 15 is 0 Å². The molecule has 0 radical (unpaired) electrons. The second-order valence-corrected chi connectivity index (χ2v) is 4.90. The molecule has 2 atom stereocenters. The normalized spacial score (nSPS) is 26.4. The first-order valence-corrected chi connectivity index (χ1v) is 6.48. The molecule has 2 N–H and O–H groups in total. The van der Waals surface area contributed by atoms with Crippen molar-refractivity contribution in [1.82, 2.24) is 5.32 Å². The maximum Gasteiger partial charge on any atom is 0.220 e. The fourth-order valence-corrected chi connectivity index (χ4v) is 2.62. The fourth-order valence-electron chi connectivity index (χ4n) is 1.82. The van der Waals surface area contributed by atoms with Gasteiger partial charge >= 0.3 is 0 Å². The second-order valence-electron chi connectivity index (χ2n) is 3.76. The molecule has 1 aliphatic rings. The molecule has 0 aliphatic heterocycles. The highest BCUT2D eigenvalue weighted by atomic mass is 32.2. The van der Waals surface area contributed by atoms with Gasteiger partial charge in [0.05, 0.1) is 0 Å². The van der Waals surface area contributed by atoms with Crippen molar-refractivity contribution >= 4 is 17.7 Å². The van der Waals surface area contributed by atoms with Gasteiger partial charge in [0.1, 0.15) is 0 Å². The zero-order valence-electron chi connectivity index (χ0n) is 8.66. The number of rotatable bonds is 5. The Morgan fingerprint density at radius 1 is 1.57 bits per heavy atom. The summed E-state index contributed by atoms with van der Waals surface area (Å²) in [6.45, 7) is 0.103. The van der Waals surface area contributed by atoms with E-state index in [1.807, 2.05) is 11.8 Å². The van der Waals surface area contributed by atoms with Gasteiger partial charge in [-0.25, -0.2) is 0 Å². The van der Waals surface area contributed by atoms with E-state index in [0.29, 0.717) is 18.9 Å². The van der Waals surface area contributed by atoms with Crippen molar-refractivity contribution in [3.63, 3.8) is 0 Å². The summed E-state index contributed by atoms with van der Waals surface area (Å²) < 4.78 is 0. The lowest BCUT2D eigenvalue weighted by molar-refractivity contribution is -0.122. The van der Waals surface area contributed by atoms with Crippen molar-refractivity contribution in [1.29, 1.82) is 0 Å². The third-order valence-electron chi connectivity index (χ3n) is 2.64. The molecule has 1 fully saturated rings. The first kappa shape index (κ1) is 11.9. The standard InChI is InChI=1S/C10H19NO2S/c1-14-9-5-4-8(7-9)11-10(13)3-2-6-12/h8-9,12H,2-7H2,1H3,(H,11,13). The number of aliphatic hydroxyl groups is 1. The average Bonchev–Trinajstić information content (AvgIpc) is 2.62. The summed E-state index contributed by atoms with van der Waals surface area (Å²) in [5.74, 6) is 0.0887. The molecule has 1 saturated carbocycles. The highest BCUT2D eigenvalue weighted by molar-refractivity contribution is 7.99. The lowest BCUT2D eigenvalue weighted by atomic mass is 10.2. The van der Waals surface area contributed by atoms with E-state index in [1.165, 1.54) is 6.42 Å². The van der Waals surface area contributed by atoms with Crippen LogP contribution in [0.25, 0.3) is 0 Å². The van der Waals surface area contributed by atoms with Gasteiger partial charge in [-0.3, -0.25) is 4.79 Å². The van der Waals surface area contributed by atoms with Crippen molar-refractivity contribution < 1.29 is 9.90 Å². The van der Waals surface area contributed by atoms with Crippen molar-refractivity contribution in [3.05, 3.63) is 0 Å². The van der Waals surface area contributed by atoms with Crippen LogP contribution in [0.5, 0.6) is 0 Å². The van der Waals surface area contributed by atoms with E-state index in [-0.39, 0.29) is 12.5 Å². The lowest BCUT2D eigenvalue weighted by Crippen LogP contribution is -2.33. The largest absolute Gasteiger partial charge is 0.396 e. The fraction of sp³-hybridized carbons (Fsp3) is 0.900. The maximum absolute atomic E-state index is 11.3. The predicted molar refractivity (Wildman–Crippen MR) is 59.4 cm³/mol. The molecule has 0 aromatic heterocycles. The van der Waals surface area contributed by atoms with Crippen LogP contribution in [0.4, 0.5) is 0 Å². The van der Waals surface area contributed by atoms with Gasteiger partial charge in [-0.1, -0.05) is 0 Å². The van der Waals surface area contributed by atoms with Gasteiger partial charge in [0.2, 0.25) is 5.91 Å². The van der Waals surface area contributed by atoms with Gasteiger partial charge < -0.3 is 10.4 Å². The summed E-state index contributed by atoms with van der Waals surface area (Å²) in [7, 11) is 0. The molecule has 3 nitrogen and oxygen atoms in total. The number of carbonyl (C=O) groups is 1. The molecule has 0 aromatic rings. The Morgan fingerprint density at radius 3 is 2.93 bits per heavy atom. The molecule has 0 spiro atoms. The van der Waals surface area contributed by atoms with Crippen LogP contribution in [0.3, 0.4) is 0 Å². The Bertz CT molecular complexity index is 187. The SMILES string of the molecule is CSC1CCC(NC(=O)CCCO)C1. The first-order valence-electron chi connectivity index (χ1n) is 5.19. The van der Waals surface area contributed by atoms with Gasteiger partial charge in [0, 0.05) is 24.3 Å². The van der Waals surface area contributed by atoms with Gasteiger partial charge in [-0.05, 0) is 31.9 Å². The highest BCUT2D eigenvalue weighted by Gasteiger charge is 2.24. The molecular formula is C10H19NO2S. The summed E-state index contributed by atoms with van der Waals surface area (Å²) in [6, 6.07) is 0.374. The predicted octanol–water partition coefficient (Wildman–Crippen LogP) is 1.16. The van der Waals surface area contributed by atoms with Crippen LogP contribution in [-0.2, 0) is 4.79 Å². The number of aliphatic hydroxyl groups excluding tert-OH is 1. The minimum absolute atomic E-state index is 0.0887. The molecule has 1 amide bonds. The van der Waals surface area contributed by atoms with Crippen LogP contribution < -0.4 is 5.32 Å². The summed E-state index contributed by atoms with van der Waals surface area (Å²) >= 11 is 1.89. The molecule has 0 bridgehead atoms. The number of hydrogen-bond donors (Lipinski definition) is 2. The molecule has 1 rings (SSSR count). The number of thioether (sulfide) groups is 1. The van der Waals surface area contributed by atoms with Crippen LogP contribution >= 0.6 is 11.8 Å². The topological polar surface area (TPSA) is 49.3 Å². The van der Waals surface area contributed by atoms with Gasteiger partial charge in [-0.2, -0.15) is 11.8 Å². The third-order valence-corrected chi connectivity index (χ3v) is 3.74. The third kappa shape index (κ3) is 3.88. The Labute approximate surface area is 89.6 Å². The van der Waals surface area contributed by atoms with E-state index in [4.69, 9.17) is 5.11 Å². The molecule has 4 heteroatoms. The Hall–Kier alpha value is -0.220. The zero-order valence-corrected chi connectivity index (χ0v) is 9.48. The number of carbonyl (C=O) groups excluding carboxylic acids is 1. The minimum atomic E-state index is 0.0887. The lowest BCUT2D eigenvalue weighted by Gasteiger charge is -2.12. The zero-order chi connectivity index (χ0) is 10.4.